The molecule has 0 bridgehead atoms. The van der Waals surface area contributed by atoms with Gasteiger partial charge in [-0.15, -0.1) is 0 Å². The second-order valence-corrected chi connectivity index (χ2v) is 7.95. The van der Waals surface area contributed by atoms with Gasteiger partial charge < -0.3 is 10.6 Å². The van der Waals surface area contributed by atoms with Gasteiger partial charge in [-0.1, -0.05) is 24.3 Å². The monoisotopic (exact) mass is 272 g/mol. The first-order chi connectivity index (χ1) is 9.35. The normalized spacial score (nSPS) is 28.3. The molecule has 1 heterocycles. The van der Waals surface area contributed by atoms with Gasteiger partial charge in [0, 0.05) is 23.2 Å². The van der Waals surface area contributed by atoms with Crippen molar-refractivity contribution in [2.24, 2.45) is 0 Å². The molecule has 0 aromatic heterocycles. The summed E-state index contributed by atoms with van der Waals surface area (Å²) < 4.78 is 0. The number of piperidine rings is 1. The Labute approximate surface area is 123 Å². The topological polar surface area (TPSA) is 24.1 Å². The molecule has 3 rings (SSSR count). The maximum absolute atomic E-state index is 3.95. The zero-order valence-electron chi connectivity index (χ0n) is 13.3. The summed E-state index contributed by atoms with van der Waals surface area (Å²) in [4.78, 5) is 0. The molecule has 1 aromatic rings. The van der Waals surface area contributed by atoms with Gasteiger partial charge in [-0.25, -0.2) is 0 Å². The van der Waals surface area contributed by atoms with Crippen molar-refractivity contribution >= 4 is 0 Å². The summed E-state index contributed by atoms with van der Waals surface area (Å²) in [5.41, 5.74) is 3.51. The third kappa shape index (κ3) is 2.91. The van der Waals surface area contributed by atoms with Gasteiger partial charge in [-0.2, -0.15) is 0 Å². The van der Waals surface area contributed by atoms with E-state index in [1.807, 2.05) is 0 Å². The fraction of sp³-hybridized carbons (Fsp3) is 0.667. The van der Waals surface area contributed by atoms with Crippen molar-refractivity contribution in [1.82, 2.24) is 10.6 Å². The molecule has 1 saturated heterocycles. The first kappa shape index (κ1) is 14.1. The Bertz CT molecular complexity index is 474. The summed E-state index contributed by atoms with van der Waals surface area (Å²) in [5.74, 6) is 0. The molecule has 0 radical (unpaired) electrons. The number of fused-ring (bicyclic) bond motifs is 1. The number of benzene rings is 1. The van der Waals surface area contributed by atoms with Gasteiger partial charge in [-0.3, -0.25) is 0 Å². The van der Waals surface area contributed by atoms with E-state index in [0.717, 1.165) is 0 Å². The molecule has 110 valence electrons. The van der Waals surface area contributed by atoms with Gasteiger partial charge in [0.25, 0.3) is 0 Å². The van der Waals surface area contributed by atoms with Crippen molar-refractivity contribution < 1.29 is 0 Å². The van der Waals surface area contributed by atoms with Crippen LogP contribution in [0.15, 0.2) is 24.3 Å². The van der Waals surface area contributed by atoms with E-state index in [4.69, 9.17) is 0 Å². The van der Waals surface area contributed by atoms with Crippen LogP contribution in [0, 0.1) is 0 Å². The Kier molecular flexibility index (Phi) is 3.42. The van der Waals surface area contributed by atoms with Crippen LogP contribution in [0.5, 0.6) is 0 Å². The number of hydrogen-bond donors (Lipinski definition) is 2. The van der Waals surface area contributed by atoms with Crippen molar-refractivity contribution in [3.63, 3.8) is 0 Å². The van der Waals surface area contributed by atoms with Crippen molar-refractivity contribution in [3.05, 3.63) is 35.4 Å². The van der Waals surface area contributed by atoms with Crippen molar-refractivity contribution in [2.75, 3.05) is 0 Å². The molecular formula is C18H28N2. The quantitative estimate of drug-likeness (QED) is 0.860. The number of nitrogens with one attached hydrogen (secondary N) is 2. The van der Waals surface area contributed by atoms with Crippen LogP contribution in [0.1, 0.15) is 64.1 Å². The number of hydrogen-bond acceptors (Lipinski definition) is 2. The third-order valence-corrected chi connectivity index (χ3v) is 4.76. The van der Waals surface area contributed by atoms with Crippen LogP contribution in [0.3, 0.4) is 0 Å². The zero-order chi connectivity index (χ0) is 14.4. The number of rotatable bonds is 2. The maximum atomic E-state index is 3.95. The van der Waals surface area contributed by atoms with Gasteiger partial charge in [-0.05, 0) is 64.5 Å². The van der Waals surface area contributed by atoms with E-state index in [1.54, 1.807) is 0 Å². The van der Waals surface area contributed by atoms with Crippen LogP contribution in [0.2, 0.25) is 0 Å². The lowest BCUT2D eigenvalue weighted by atomic mass is 9.79. The highest BCUT2D eigenvalue weighted by molar-refractivity contribution is 5.34. The maximum Gasteiger partial charge on any atom is 0.0328 e. The van der Waals surface area contributed by atoms with E-state index in [9.17, 15) is 0 Å². The van der Waals surface area contributed by atoms with Crippen LogP contribution in [0.4, 0.5) is 0 Å². The highest BCUT2D eigenvalue weighted by Gasteiger charge is 2.38. The Morgan fingerprint density at radius 1 is 1.05 bits per heavy atom. The molecule has 0 saturated carbocycles. The fourth-order valence-electron chi connectivity index (χ4n) is 4.45. The highest BCUT2D eigenvalue weighted by Crippen LogP contribution is 2.34. The Morgan fingerprint density at radius 3 is 2.40 bits per heavy atom. The zero-order valence-corrected chi connectivity index (χ0v) is 13.3. The molecule has 2 aliphatic rings. The molecule has 1 fully saturated rings. The highest BCUT2D eigenvalue weighted by atomic mass is 15.1. The summed E-state index contributed by atoms with van der Waals surface area (Å²) >= 11 is 0. The molecule has 1 aliphatic heterocycles. The summed E-state index contributed by atoms with van der Waals surface area (Å²) in [6, 6.07) is 10.1. The van der Waals surface area contributed by atoms with Crippen LogP contribution in [-0.4, -0.2) is 17.1 Å². The lowest BCUT2D eigenvalue weighted by Gasteiger charge is -2.47. The first-order valence-electron chi connectivity index (χ1n) is 7.98. The Morgan fingerprint density at radius 2 is 1.70 bits per heavy atom. The summed E-state index contributed by atoms with van der Waals surface area (Å²) in [6.07, 6.45) is 4.89. The lowest BCUT2D eigenvalue weighted by molar-refractivity contribution is 0.139. The second kappa shape index (κ2) is 4.85. The number of aryl methyl sites for hydroxylation is 1. The second-order valence-electron chi connectivity index (χ2n) is 7.95. The first-order valence-corrected chi connectivity index (χ1v) is 7.98. The molecule has 0 amide bonds. The average molecular weight is 272 g/mol. The van der Waals surface area contributed by atoms with E-state index in [1.165, 1.54) is 36.8 Å². The fourth-order valence-corrected chi connectivity index (χ4v) is 4.45. The SMILES string of the molecule is CC1(C)CC(NC2CCc3ccccc32)CC(C)(C)N1. The van der Waals surface area contributed by atoms with Crippen molar-refractivity contribution in [1.29, 1.82) is 0 Å². The molecule has 1 atom stereocenters. The van der Waals surface area contributed by atoms with Crippen molar-refractivity contribution in [3.8, 4) is 0 Å². The Balaban J connectivity index is 1.73. The third-order valence-electron chi connectivity index (χ3n) is 4.76. The predicted octanol–water partition coefficient (Wildman–Crippen LogP) is 3.57. The average Bonchev–Trinajstić information content (AvgIpc) is 2.69. The van der Waals surface area contributed by atoms with Gasteiger partial charge in [0.1, 0.15) is 0 Å². The van der Waals surface area contributed by atoms with Crippen molar-refractivity contribution in [2.45, 2.75) is 76.5 Å². The van der Waals surface area contributed by atoms with E-state index < -0.39 is 0 Å². The van der Waals surface area contributed by atoms with Gasteiger partial charge in [0.05, 0.1) is 0 Å². The molecule has 0 spiro atoms. The smallest absolute Gasteiger partial charge is 0.0328 e. The van der Waals surface area contributed by atoms with Crippen LogP contribution in [0.25, 0.3) is 0 Å². The van der Waals surface area contributed by atoms with Gasteiger partial charge >= 0.3 is 0 Å². The molecule has 1 aliphatic carbocycles. The van der Waals surface area contributed by atoms with Crippen LogP contribution in [-0.2, 0) is 6.42 Å². The summed E-state index contributed by atoms with van der Waals surface area (Å²) in [5, 5.41) is 7.71. The van der Waals surface area contributed by atoms with E-state index >= 15 is 0 Å². The standard InChI is InChI=1S/C18H28N2/c1-17(2)11-14(12-18(3,4)20-17)19-16-10-9-13-7-5-6-8-15(13)16/h5-8,14,16,19-20H,9-12H2,1-4H3. The summed E-state index contributed by atoms with van der Waals surface area (Å²) in [6.45, 7) is 9.30. The van der Waals surface area contributed by atoms with Gasteiger partial charge in [0.15, 0.2) is 0 Å². The van der Waals surface area contributed by atoms with E-state index in [2.05, 4.69) is 62.6 Å². The minimum absolute atomic E-state index is 0.220. The predicted molar refractivity (Wildman–Crippen MR) is 85.0 cm³/mol. The van der Waals surface area contributed by atoms with E-state index in [0.29, 0.717) is 12.1 Å². The summed E-state index contributed by atoms with van der Waals surface area (Å²) in [7, 11) is 0. The molecule has 2 nitrogen and oxygen atoms in total. The molecular weight excluding hydrogens is 244 g/mol. The van der Waals surface area contributed by atoms with E-state index in [-0.39, 0.29) is 11.1 Å². The van der Waals surface area contributed by atoms with Gasteiger partial charge in [0.2, 0.25) is 0 Å². The lowest BCUT2D eigenvalue weighted by Crippen LogP contribution is -2.61. The van der Waals surface area contributed by atoms with Crippen LogP contribution >= 0.6 is 0 Å². The largest absolute Gasteiger partial charge is 0.307 e. The molecule has 2 heteroatoms. The Hall–Kier alpha value is -0.860. The molecule has 1 unspecified atom stereocenters. The molecule has 1 aromatic carbocycles. The van der Waals surface area contributed by atoms with Crippen LogP contribution < -0.4 is 10.6 Å². The minimum atomic E-state index is 0.220. The minimum Gasteiger partial charge on any atom is -0.307 e. The molecule has 20 heavy (non-hydrogen) atoms. The molecule has 2 N–H and O–H groups in total.